The van der Waals surface area contributed by atoms with Crippen LogP contribution < -0.4 is 0 Å². The maximum Gasteiger partial charge on any atom is 0.195 e. The Balaban J connectivity index is 2.15. The van der Waals surface area contributed by atoms with Crippen molar-refractivity contribution in [1.82, 2.24) is 24.6 Å². The van der Waals surface area contributed by atoms with Crippen molar-refractivity contribution in [1.29, 1.82) is 0 Å². The van der Waals surface area contributed by atoms with Gasteiger partial charge >= 0.3 is 0 Å². The van der Waals surface area contributed by atoms with E-state index in [1.807, 2.05) is 59.8 Å². The summed E-state index contributed by atoms with van der Waals surface area (Å²) < 4.78 is 1.93. The molecular weight excluding hydrogens is 398 g/mol. The van der Waals surface area contributed by atoms with E-state index in [1.54, 1.807) is 24.3 Å². The molecule has 0 saturated heterocycles. The lowest BCUT2D eigenvalue weighted by Crippen LogP contribution is -2.22. The zero-order valence-corrected chi connectivity index (χ0v) is 18.1. The summed E-state index contributed by atoms with van der Waals surface area (Å²) >= 11 is 6.27. The number of terminal acetylenes is 1. The second kappa shape index (κ2) is 9.68. The SMILES string of the molecule is C#CCN(C)Cc1nnc(CN(C)C)n1-c1ccc(Cl)cc1C(=O)c1ccccc1. The Hall–Kier alpha value is -2.98. The highest BCUT2D eigenvalue weighted by molar-refractivity contribution is 6.31. The van der Waals surface area contributed by atoms with Gasteiger partial charge in [0.15, 0.2) is 17.4 Å². The van der Waals surface area contributed by atoms with Crippen molar-refractivity contribution in [3.63, 3.8) is 0 Å². The van der Waals surface area contributed by atoms with Crippen molar-refractivity contribution in [2.75, 3.05) is 27.7 Å². The fourth-order valence-corrected chi connectivity index (χ4v) is 3.37. The number of aromatic nitrogens is 3. The first-order valence-corrected chi connectivity index (χ1v) is 9.88. The van der Waals surface area contributed by atoms with Crippen LogP contribution in [0.3, 0.4) is 0 Å². The number of halogens is 1. The van der Waals surface area contributed by atoms with Crippen molar-refractivity contribution in [3.05, 3.63) is 76.3 Å². The molecule has 154 valence electrons. The van der Waals surface area contributed by atoms with Crippen molar-refractivity contribution >= 4 is 17.4 Å². The molecule has 0 amide bonds. The summed E-state index contributed by atoms with van der Waals surface area (Å²) in [6, 6.07) is 14.5. The highest BCUT2D eigenvalue weighted by atomic mass is 35.5. The average Bonchev–Trinajstić information content (AvgIpc) is 3.09. The molecule has 0 aliphatic heterocycles. The normalized spacial score (nSPS) is 11.1. The van der Waals surface area contributed by atoms with Gasteiger partial charge < -0.3 is 4.90 Å². The quantitative estimate of drug-likeness (QED) is 0.412. The number of hydrogen-bond acceptors (Lipinski definition) is 5. The first kappa shape index (κ1) is 21.7. The van der Waals surface area contributed by atoms with Gasteiger partial charge in [0.2, 0.25) is 0 Å². The first-order chi connectivity index (χ1) is 14.4. The van der Waals surface area contributed by atoms with Gasteiger partial charge in [-0.3, -0.25) is 14.3 Å². The van der Waals surface area contributed by atoms with Crippen LogP contribution in [0.2, 0.25) is 5.02 Å². The van der Waals surface area contributed by atoms with Gasteiger partial charge in [0, 0.05) is 16.1 Å². The van der Waals surface area contributed by atoms with Gasteiger partial charge in [-0.1, -0.05) is 47.9 Å². The molecule has 3 rings (SSSR count). The monoisotopic (exact) mass is 421 g/mol. The van der Waals surface area contributed by atoms with Gasteiger partial charge in [0.25, 0.3) is 0 Å². The Bertz CT molecular complexity index is 1070. The van der Waals surface area contributed by atoms with Crippen LogP contribution in [0, 0.1) is 12.3 Å². The third kappa shape index (κ3) is 4.95. The predicted molar refractivity (Wildman–Crippen MR) is 119 cm³/mol. The Kier molecular flexibility index (Phi) is 7.01. The van der Waals surface area contributed by atoms with Gasteiger partial charge in [-0.05, 0) is 39.3 Å². The number of carbonyl (C=O) groups excluding carboxylic acids is 1. The van der Waals surface area contributed by atoms with Gasteiger partial charge in [-0.2, -0.15) is 0 Å². The molecule has 1 heterocycles. The van der Waals surface area contributed by atoms with Crippen LogP contribution in [0.15, 0.2) is 48.5 Å². The smallest absolute Gasteiger partial charge is 0.195 e. The van der Waals surface area contributed by atoms with Crippen LogP contribution in [0.25, 0.3) is 5.69 Å². The van der Waals surface area contributed by atoms with Crippen LogP contribution in [-0.2, 0) is 13.1 Å². The molecule has 0 unspecified atom stereocenters. The summed E-state index contributed by atoms with van der Waals surface area (Å²) in [6.45, 7) is 1.53. The molecule has 7 heteroatoms. The maximum atomic E-state index is 13.3. The molecule has 6 nitrogen and oxygen atoms in total. The minimum atomic E-state index is -0.111. The molecule has 0 saturated carbocycles. The number of hydrogen-bond donors (Lipinski definition) is 0. The molecule has 0 aliphatic carbocycles. The summed E-state index contributed by atoms with van der Waals surface area (Å²) in [7, 11) is 5.84. The second-order valence-electron chi connectivity index (χ2n) is 7.34. The molecule has 3 aromatic rings. The molecule has 0 spiro atoms. The maximum absolute atomic E-state index is 13.3. The van der Waals surface area contributed by atoms with Crippen LogP contribution in [-0.4, -0.2) is 58.0 Å². The average molecular weight is 422 g/mol. The summed E-state index contributed by atoms with van der Waals surface area (Å²) in [5.41, 5.74) is 1.78. The number of carbonyl (C=O) groups is 1. The lowest BCUT2D eigenvalue weighted by molar-refractivity contribution is 0.103. The fourth-order valence-electron chi connectivity index (χ4n) is 3.20. The van der Waals surface area contributed by atoms with Gasteiger partial charge in [-0.15, -0.1) is 16.6 Å². The first-order valence-electron chi connectivity index (χ1n) is 9.50. The summed E-state index contributed by atoms with van der Waals surface area (Å²) in [6.07, 6.45) is 5.45. The minimum Gasteiger partial charge on any atom is -0.302 e. The zero-order valence-electron chi connectivity index (χ0n) is 17.3. The third-order valence-electron chi connectivity index (χ3n) is 4.51. The molecule has 0 fully saturated rings. The van der Waals surface area contributed by atoms with Crippen LogP contribution in [0.5, 0.6) is 0 Å². The van der Waals surface area contributed by atoms with Crippen molar-refractivity contribution in [3.8, 4) is 18.0 Å². The summed E-state index contributed by atoms with van der Waals surface area (Å²) in [5.74, 6) is 3.96. The van der Waals surface area contributed by atoms with Crippen molar-refractivity contribution in [2.24, 2.45) is 0 Å². The van der Waals surface area contributed by atoms with E-state index < -0.39 is 0 Å². The summed E-state index contributed by atoms with van der Waals surface area (Å²) in [4.78, 5) is 17.3. The second-order valence-corrected chi connectivity index (χ2v) is 7.78. The van der Waals surface area contributed by atoms with Crippen LogP contribution in [0.4, 0.5) is 0 Å². The van der Waals surface area contributed by atoms with E-state index in [0.29, 0.717) is 47.3 Å². The lowest BCUT2D eigenvalue weighted by Gasteiger charge is -2.19. The predicted octanol–water partition coefficient (Wildman–Crippen LogP) is 3.28. The molecule has 0 radical (unpaired) electrons. The number of rotatable bonds is 8. The number of nitrogens with zero attached hydrogens (tertiary/aromatic N) is 5. The molecule has 1 aromatic heterocycles. The molecule has 0 bridgehead atoms. The van der Waals surface area contributed by atoms with E-state index in [9.17, 15) is 4.79 Å². The van der Waals surface area contributed by atoms with Gasteiger partial charge in [-0.25, -0.2) is 0 Å². The standard InChI is InChI=1S/C23H24ClN5O/c1-5-13-28(4)16-22-26-25-21(15-27(2)3)29(22)20-12-11-18(24)14-19(20)23(30)17-9-7-6-8-10-17/h1,6-12,14H,13,15-16H2,2-4H3. The highest BCUT2D eigenvalue weighted by Gasteiger charge is 2.22. The number of benzene rings is 2. The van der Waals surface area contributed by atoms with Gasteiger partial charge in [0.05, 0.1) is 25.3 Å². The molecular formula is C23H24ClN5O. The Labute approximate surface area is 182 Å². The largest absolute Gasteiger partial charge is 0.302 e. The molecule has 2 aromatic carbocycles. The molecule has 0 N–H and O–H groups in total. The minimum absolute atomic E-state index is 0.111. The van der Waals surface area contributed by atoms with E-state index in [0.717, 1.165) is 5.82 Å². The molecule has 0 aliphatic rings. The molecule has 30 heavy (non-hydrogen) atoms. The number of ketones is 1. The van der Waals surface area contributed by atoms with Crippen molar-refractivity contribution in [2.45, 2.75) is 13.1 Å². The highest BCUT2D eigenvalue weighted by Crippen LogP contribution is 2.25. The van der Waals surface area contributed by atoms with E-state index in [2.05, 4.69) is 16.1 Å². The molecule has 0 atom stereocenters. The van der Waals surface area contributed by atoms with E-state index in [-0.39, 0.29) is 5.78 Å². The Morgan fingerprint density at radius 2 is 1.73 bits per heavy atom. The third-order valence-corrected chi connectivity index (χ3v) is 4.74. The zero-order chi connectivity index (χ0) is 21.7. The van der Waals surface area contributed by atoms with Gasteiger partial charge in [0.1, 0.15) is 0 Å². The Morgan fingerprint density at radius 3 is 2.37 bits per heavy atom. The van der Waals surface area contributed by atoms with E-state index >= 15 is 0 Å². The van der Waals surface area contributed by atoms with Crippen molar-refractivity contribution < 1.29 is 4.79 Å². The van der Waals surface area contributed by atoms with Crippen LogP contribution >= 0.6 is 11.6 Å². The lowest BCUT2D eigenvalue weighted by atomic mass is 10.0. The topological polar surface area (TPSA) is 54.3 Å². The van der Waals surface area contributed by atoms with E-state index in [1.165, 1.54) is 0 Å². The Morgan fingerprint density at radius 1 is 1.07 bits per heavy atom. The fraction of sp³-hybridized carbons (Fsp3) is 0.261. The summed E-state index contributed by atoms with van der Waals surface area (Å²) in [5, 5.41) is 9.28. The van der Waals surface area contributed by atoms with Crippen LogP contribution in [0.1, 0.15) is 27.6 Å². The van der Waals surface area contributed by atoms with E-state index in [4.69, 9.17) is 18.0 Å².